The van der Waals surface area contributed by atoms with Crippen LogP contribution in [0, 0.1) is 12.3 Å². The van der Waals surface area contributed by atoms with Gasteiger partial charge < -0.3 is 14.2 Å². The first-order valence-corrected chi connectivity index (χ1v) is 12.3. The average Bonchev–Trinajstić information content (AvgIpc) is 3.30. The van der Waals surface area contributed by atoms with Crippen molar-refractivity contribution < 1.29 is 19.0 Å². The summed E-state index contributed by atoms with van der Waals surface area (Å²) in [7, 11) is 1.63. The number of aryl methyl sites for hydroxylation is 1. The average molecular weight is 497 g/mol. The molecule has 1 aliphatic heterocycles. The van der Waals surface area contributed by atoms with Gasteiger partial charge in [0.1, 0.15) is 30.2 Å². The Hall–Kier alpha value is -4.20. The molecule has 1 atom stereocenters. The number of rotatable bonds is 5. The van der Waals surface area contributed by atoms with Crippen LogP contribution < -0.4 is 14.2 Å². The second-order valence-corrected chi connectivity index (χ2v) is 10.4. The van der Waals surface area contributed by atoms with E-state index in [9.17, 15) is 4.79 Å². The normalized spacial score (nSPS) is 18.3. The van der Waals surface area contributed by atoms with E-state index in [0.29, 0.717) is 41.5 Å². The molecule has 2 aromatic carbocycles. The number of allylic oxidation sites excluding steroid dienone is 2. The molecule has 0 spiro atoms. The van der Waals surface area contributed by atoms with Gasteiger partial charge in [0.25, 0.3) is 0 Å². The van der Waals surface area contributed by atoms with Crippen LogP contribution in [0.4, 0.5) is 0 Å². The molecule has 1 aliphatic carbocycles. The predicted molar refractivity (Wildman–Crippen MR) is 137 cm³/mol. The molecular weight excluding hydrogens is 468 g/mol. The first-order chi connectivity index (χ1) is 17.8. The Balaban J connectivity index is 1.45. The van der Waals surface area contributed by atoms with Crippen molar-refractivity contribution in [3.63, 3.8) is 0 Å². The second-order valence-electron chi connectivity index (χ2n) is 10.4. The number of aromatic nitrogens is 4. The number of hydrogen-bond acceptors (Lipinski definition) is 7. The highest BCUT2D eigenvalue weighted by Crippen LogP contribution is 2.50. The van der Waals surface area contributed by atoms with Crippen molar-refractivity contribution in [2.24, 2.45) is 5.41 Å². The van der Waals surface area contributed by atoms with Crippen LogP contribution in [-0.2, 0) is 11.4 Å². The highest BCUT2D eigenvalue weighted by Gasteiger charge is 2.44. The van der Waals surface area contributed by atoms with Crippen molar-refractivity contribution in [1.82, 2.24) is 19.6 Å². The number of methoxy groups -OCH3 is 1. The molecule has 0 fully saturated rings. The molecule has 0 N–H and O–H groups in total. The minimum atomic E-state index is -0.375. The molecule has 2 aliphatic rings. The molecule has 8 nitrogen and oxygen atoms in total. The third-order valence-electron chi connectivity index (χ3n) is 6.95. The van der Waals surface area contributed by atoms with Crippen molar-refractivity contribution >= 4 is 11.4 Å². The number of Topliss-reactive ketones (excluding diaryl/α,β-unsaturated/α-hetero) is 1. The maximum atomic E-state index is 13.5. The van der Waals surface area contributed by atoms with Crippen LogP contribution in [-0.4, -0.2) is 32.5 Å². The summed E-state index contributed by atoms with van der Waals surface area (Å²) >= 11 is 0. The maximum absolute atomic E-state index is 13.5. The van der Waals surface area contributed by atoms with E-state index in [1.165, 1.54) is 0 Å². The van der Waals surface area contributed by atoms with Crippen molar-refractivity contribution in [2.45, 2.75) is 46.1 Å². The fourth-order valence-electron chi connectivity index (χ4n) is 5.16. The molecule has 1 unspecified atom stereocenters. The van der Waals surface area contributed by atoms with Crippen LogP contribution >= 0.6 is 0 Å². The molecule has 6 rings (SSSR count). The zero-order valence-corrected chi connectivity index (χ0v) is 21.3. The van der Waals surface area contributed by atoms with Gasteiger partial charge in [-0.2, -0.15) is 0 Å². The Kier molecular flexibility index (Phi) is 5.47. The molecule has 188 valence electrons. The number of carbonyl (C=O) groups is 1. The monoisotopic (exact) mass is 496 g/mol. The van der Waals surface area contributed by atoms with Gasteiger partial charge in [-0.05, 0) is 42.2 Å². The van der Waals surface area contributed by atoms with Crippen LogP contribution in [0.15, 0.2) is 66.2 Å². The van der Waals surface area contributed by atoms with Gasteiger partial charge in [0, 0.05) is 24.3 Å². The van der Waals surface area contributed by atoms with Crippen LogP contribution in [0.5, 0.6) is 17.4 Å². The predicted octanol–water partition coefficient (Wildman–Crippen LogP) is 5.19. The highest BCUT2D eigenvalue weighted by molar-refractivity contribution is 6.00. The summed E-state index contributed by atoms with van der Waals surface area (Å²) in [6, 6.07) is 15.6. The van der Waals surface area contributed by atoms with Crippen molar-refractivity contribution in [1.29, 1.82) is 0 Å². The van der Waals surface area contributed by atoms with Crippen molar-refractivity contribution in [2.75, 3.05) is 7.11 Å². The Labute approximate surface area is 214 Å². The Morgan fingerprint density at radius 2 is 1.78 bits per heavy atom. The summed E-state index contributed by atoms with van der Waals surface area (Å²) < 4.78 is 19.2. The fraction of sp³-hybridized carbons (Fsp3) is 0.310. The Morgan fingerprint density at radius 3 is 2.51 bits per heavy atom. The molecule has 0 bridgehead atoms. The number of nitrogens with zero attached hydrogens (tertiary/aromatic N) is 4. The van der Waals surface area contributed by atoms with Gasteiger partial charge in [0.15, 0.2) is 17.3 Å². The molecule has 8 heteroatoms. The summed E-state index contributed by atoms with van der Waals surface area (Å²) in [6.07, 6.45) is 2.72. The molecule has 4 aromatic rings. The van der Waals surface area contributed by atoms with Gasteiger partial charge in [-0.15, -0.1) is 5.10 Å². The first-order valence-electron chi connectivity index (χ1n) is 12.3. The Bertz CT molecular complexity index is 1530. The lowest BCUT2D eigenvalue weighted by molar-refractivity contribution is -0.118. The van der Waals surface area contributed by atoms with E-state index < -0.39 is 0 Å². The number of ketones is 1. The molecular formula is C29H28N4O4. The van der Waals surface area contributed by atoms with Gasteiger partial charge in [-0.25, -0.2) is 14.5 Å². The van der Waals surface area contributed by atoms with Gasteiger partial charge in [-0.3, -0.25) is 4.79 Å². The topological polar surface area (TPSA) is 87.8 Å². The lowest BCUT2D eigenvalue weighted by atomic mass is 9.70. The molecule has 0 radical (unpaired) electrons. The van der Waals surface area contributed by atoms with Crippen LogP contribution in [0.25, 0.3) is 5.65 Å². The standard InChI is InChI=1S/C29H28N4O4/c1-17-5-9-20(10-6-17)36-15-23-31-27-26-24(18-7-11-19(35-4)12-8-18)25-21(34)13-29(2,3)14-22(25)37-28(26)30-16-33(27)32-23/h5-12,16,24H,13-15H2,1-4H3. The summed E-state index contributed by atoms with van der Waals surface area (Å²) in [5.74, 6) is 2.86. The summed E-state index contributed by atoms with van der Waals surface area (Å²) in [5, 5.41) is 4.60. The van der Waals surface area contributed by atoms with Crippen molar-refractivity contribution in [3.05, 3.63) is 88.7 Å². The third kappa shape index (κ3) is 4.22. The smallest absolute Gasteiger partial charge is 0.228 e. The highest BCUT2D eigenvalue weighted by atomic mass is 16.5. The van der Waals surface area contributed by atoms with Gasteiger partial charge >= 0.3 is 0 Å². The fourth-order valence-corrected chi connectivity index (χ4v) is 5.16. The van der Waals surface area contributed by atoms with E-state index in [2.05, 4.69) is 23.9 Å². The van der Waals surface area contributed by atoms with E-state index in [1.807, 2.05) is 55.5 Å². The van der Waals surface area contributed by atoms with E-state index in [-0.39, 0.29) is 23.7 Å². The molecule has 0 saturated heterocycles. The quantitative estimate of drug-likeness (QED) is 0.376. The second kappa shape index (κ2) is 8.73. The minimum Gasteiger partial charge on any atom is -0.497 e. The van der Waals surface area contributed by atoms with Gasteiger partial charge in [-0.1, -0.05) is 43.7 Å². The number of carbonyl (C=O) groups excluding carboxylic acids is 1. The van der Waals surface area contributed by atoms with Gasteiger partial charge in [0.05, 0.1) is 12.7 Å². The lowest BCUT2D eigenvalue weighted by Crippen LogP contribution is -2.33. The zero-order valence-electron chi connectivity index (χ0n) is 21.3. The molecule has 37 heavy (non-hydrogen) atoms. The number of ether oxygens (including phenoxy) is 3. The van der Waals surface area contributed by atoms with Crippen LogP contribution in [0.1, 0.15) is 55.1 Å². The summed E-state index contributed by atoms with van der Waals surface area (Å²) in [4.78, 5) is 22.9. The van der Waals surface area contributed by atoms with E-state index in [4.69, 9.17) is 19.2 Å². The molecule has 2 aromatic heterocycles. The lowest BCUT2D eigenvalue weighted by Gasteiger charge is -2.37. The summed E-state index contributed by atoms with van der Waals surface area (Å²) in [6.45, 7) is 6.41. The van der Waals surface area contributed by atoms with Crippen LogP contribution in [0.3, 0.4) is 0 Å². The third-order valence-corrected chi connectivity index (χ3v) is 6.95. The SMILES string of the molecule is COc1ccc(C2C3=C(CC(C)(C)CC3=O)Oc3ncn4nc(COc5ccc(C)cc5)nc4c32)cc1. The van der Waals surface area contributed by atoms with Gasteiger partial charge in [0.2, 0.25) is 5.88 Å². The number of benzene rings is 2. The molecule has 0 amide bonds. The van der Waals surface area contributed by atoms with E-state index in [0.717, 1.165) is 28.2 Å². The number of hydrogen-bond donors (Lipinski definition) is 0. The van der Waals surface area contributed by atoms with E-state index in [1.54, 1.807) is 18.0 Å². The zero-order chi connectivity index (χ0) is 25.7. The first kappa shape index (κ1) is 23.2. The van der Waals surface area contributed by atoms with Crippen LogP contribution in [0.2, 0.25) is 0 Å². The Morgan fingerprint density at radius 1 is 1.05 bits per heavy atom. The maximum Gasteiger partial charge on any atom is 0.228 e. The largest absolute Gasteiger partial charge is 0.497 e. The van der Waals surface area contributed by atoms with Crippen molar-refractivity contribution in [3.8, 4) is 17.4 Å². The number of fused-ring (bicyclic) bond motifs is 3. The minimum absolute atomic E-state index is 0.0853. The molecule has 3 heterocycles. The van der Waals surface area contributed by atoms with E-state index >= 15 is 0 Å². The molecule has 0 saturated carbocycles. The summed E-state index contributed by atoms with van der Waals surface area (Å²) in [5.41, 5.74) is 3.92.